The molecule has 0 aliphatic heterocycles. The zero-order valence-corrected chi connectivity index (χ0v) is 8.34. The first-order chi connectivity index (χ1) is 6.85. The fourth-order valence-corrected chi connectivity index (χ4v) is 0.589. The summed E-state index contributed by atoms with van der Waals surface area (Å²) in [5.74, 6) is 0. The molecule has 0 bridgehead atoms. The van der Waals surface area contributed by atoms with Gasteiger partial charge in [0.2, 0.25) is 0 Å². The van der Waals surface area contributed by atoms with Crippen LogP contribution < -0.4 is 5.26 Å². The minimum atomic E-state index is 1.17. The Labute approximate surface area is 83.7 Å². The summed E-state index contributed by atoms with van der Waals surface area (Å²) in [6.07, 6.45) is 1.83. The van der Waals surface area contributed by atoms with Gasteiger partial charge in [-0.15, -0.1) is 4.91 Å². The summed E-state index contributed by atoms with van der Waals surface area (Å²) in [7, 11) is 0. The highest BCUT2D eigenvalue weighted by Crippen LogP contribution is 1.97. The van der Waals surface area contributed by atoms with Gasteiger partial charge in [-0.3, -0.25) is 0 Å². The van der Waals surface area contributed by atoms with E-state index in [1.165, 1.54) is 10.9 Å². The van der Waals surface area contributed by atoms with Crippen LogP contribution in [0, 0.1) is 4.91 Å². The van der Waals surface area contributed by atoms with Crippen LogP contribution in [0.25, 0.3) is 6.08 Å². The predicted molar refractivity (Wildman–Crippen MR) is 54.8 cm³/mol. The molecule has 0 heterocycles. The average molecular weight is 196 g/mol. The standard InChI is InChI=1S/C8H8.C2H6.HNO3/c1-2-8-6-4-3-5-7-8;1-2;2-1-4-3/h2-7H,1H2;1-2H3;3H/p-1. The van der Waals surface area contributed by atoms with Crippen LogP contribution in [-0.4, -0.2) is 0 Å². The second kappa shape index (κ2) is 13.9. The van der Waals surface area contributed by atoms with E-state index in [1.54, 1.807) is 0 Å². The third-order valence-electron chi connectivity index (χ3n) is 1.07. The second-order valence-electron chi connectivity index (χ2n) is 1.76. The summed E-state index contributed by atoms with van der Waals surface area (Å²) < 4.78 is 0. The third kappa shape index (κ3) is 10.3. The Hall–Kier alpha value is -1.68. The number of benzene rings is 1. The van der Waals surface area contributed by atoms with E-state index < -0.39 is 0 Å². The number of rotatable bonds is 2. The van der Waals surface area contributed by atoms with Crippen molar-refractivity contribution in [1.82, 2.24) is 0 Å². The van der Waals surface area contributed by atoms with Gasteiger partial charge in [0.05, 0.1) is 0 Å². The first-order valence-corrected chi connectivity index (χ1v) is 4.14. The third-order valence-corrected chi connectivity index (χ3v) is 1.07. The van der Waals surface area contributed by atoms with E-state index in [0.717, 1.165) is 0 Å². The zero-order chi connectivity index (χ0) is 11.2. The summed E-state index contributed by atoms with van der Waals surface area (Å²) in [6, 6.07) is 10.0. The van der Waals surface area contributed by atoms with Crippen molar-refractivity contribution in [3.05, 3.63) is 47.4 Å². The molecule has 14 heavy (non-hydrogen) atoms. The molecule has 1 rings (SSSR count). The lowest BCUT2D eigenvalue weighted by atomic mass is 10.2. The molecular formula is C10H14NO3-. The van der Waals surface area contributed by atoms with Gasteiger partial charge in [0, 0.05) is 0 Å². The Balaban J connectivity index is 0. The molecule has 0 saturated heterocycles. The SMILES string of the molecule is C=Cc1ccccc1.CC.O=NO[O-]. The Morgan fingerprint density at radius 3 is 2.00 bits per heavy atom. The maximum Gasteiger partial charge on any atom is 0.149 e. The van der Waals surface area contributed by atoms with Gasteiger partial charge in [0.1, 0.15) is 5.34 Å². The molecular weight excluding hydrogens is 182 g/mol. The van der Waals surface area contributed by atoms with Gasteiger partial charge in [-0.05, 0) is 5.56 Å². The van der Waals surface area contributed by atoms with Crippen LogP contribution in [0.4, 0.5) is 0 Å². The van der Waals surface area contributed by atoms with Crippen molar-refractivity contribution in [1.29, 1.82) is 0 Å². The van der Waals surface area contributed by atoms with E-state index >= 15 is 0 Å². The number of nitrogens with zero attached hydrogens (tertiary/aromatic N) is 1. The summed E-state index contributed by atoms with van der Waals surface area (Å²) in [6.45, 7) is 7.63. The Morgan fingerprint density at radius 1 is 1.36 bits per heavy atom. The van der Waals surface area contributed by atoms with Crippen LogP contribution >= 0.6 is 0 Å². The first-order valence-electron chi connectivity index (χ1n) is 4.14. The first kappa shape index (κ1) is 14.8. The van der Waals surface area contributed by atoms with Gasteiger partial charge in [-0.2, -0.15) is 0 Å². The van der Waals surface area contributed by atoms with Gasteiger partial charge in [0.15, 0.2) is 0 Å². The molecule has 4 nitrogen and oxygen atoms in total. The summed E-state index contributed by atoms with van der Waals surface area (Å²) in [5, 5.41) is 9.75. The van der Waals surface area contributed by atoms with E-state index in [2.05, 4.69) is 11.6 Å². The highest BCUT2D eigenvalue weighted by atomic mass is 17.2. The van der Waals surface area contributed by atoms with Crippen molar-refractivity contribution in [2.75, 3.05) is 0 Å². The molecule has 4 heteroatoms. The van der Waals surface area contributed by atoms with Crippen LogP contribution in [0.2, 0.25) is 0 Å². The molecule has 0 fully saturated rings. The van der Waals surface area contributed by atoms with Crippen molar-refractivity contribution in [3.8, 4) is 0 Å². The fourth-order valence-electron chi connectivity index (χ4n) is 0.589. The van der Waals surface area contributed by atoms with Crippen molar-refractivity contribution in [3.63, 3.8) is 0 Å². The van der Waals surface area contributed by atoms with Gasteiger partial charge >= 0.3 is 0 Å². The van der Waals surface area contributed by atoms with Crippen LogP contribution in [0.3, 0.4) is 0 Å². The number of hydrogen-bond donors (Lipinski definition) is 0. The fraction of sp³-hybridized carbons (Fsp3) is 0.200. The Morgan fingerprint density at radius 2 is 1.79 bits per heavy atom. The van der Waals surface area contributed by atoms with Gasteiger partial charge in [-0.25, -0.2) is 0 Å². The molecule has 0 atom stereocenters. The van der Waals surface area contributed by atoms with Crippen LogP contribution in [0.5, 0.6) is 0 Å². The molecule has 0 aromatic heterocycles. The molecule has 0 aliphatic rings. The van der Waals surface area contributed by atoms with E-state index in [9.17, 15) is 0 Å². The highest BCUT2D eigenvalue weighted by molar-refractivity contribution is 5.45. The quantitative estimate of drug-likeness (QED) is 0.414. The lowest BCUT2D eigenvalue weighted by Gasteiger charge is -1.85. The lowest BCUT2D eigenvalue weighted by Crippen LogP contribution is -1.94. The molecule has 0 amide bonds. The summed E-state index contributed by atoms with van der Waals surface area (Å²) >= 11 is 0. The minimum Gasteiger partial charge on any atom is -0.635 e. The minimum absolute atomic E-state index is 1.17. The largest absolute Gasteiger partial charge is 0.635 e. The highest BCUT2D eigenvalue weighted by Gasteiger charge is 1.75. The zero-order valence-electron chi connectivity index (χ0n) is 8.34. The molecule has 0 N–H and O–H groups in total. The average Bonchev–Trinajstić information content (AvgIpc) is 2.33. The molecule has 1 aromatic carbocycles. The second-order valence-corrected chi connectivity index (χ2v) is 1.76. The maximum atomic E-state index is 8.39. The summed E-state index contributed by atoms with van der Waals surface area (Å²) in [5.41, 5.74) is 1.17. The van der Waals surface area contributed by atoms with E-state index in [1.807, 2.05) is 50.3 Å². The topological polar surface area (TPSA) is 61.7 Å². The van der Waals surface area contributed by atoms with Crippen LogP contribution in [0.15, 0.2) is 42.3 Å². The number of hydrogen-bond acceptors (Lipinski definition) is 4. The van der Waals surface area contributed by atoms with E-state index in [4.69, 9.17) is 10.2 Å². The Kier molecular flexibility index (Phi) is 14.7. The molecule has 0 unspecified atom stereocenters. The molecule has 0 saturated carbocycles. The van der Waals surface area contributed by atoms with E-state index in [0.29, 0.717) is 0 Å². The molecule has 78 valence electrons. The monoisotopic (exact) mass is 196 g/mol. The van der Waals surface area contributed by atoms with Gasteiger partial charge < -0.3 is 10.2 Å². The normalized spacial score (nSPS) is 6.79. The van der Waals surface area contributed by atoms with Crippen molar-refractivity contribution < 1.29 is 10.2 Å². The lowest BCUT2D eigenvalue weighted by molar-refractivity contribution is -0.692. The van der Waals surface area contributed by atoms with Crippen molar-refractivity contribution in [2.24, 2.45) is 5.34 Å². The predicted octanol–water partition coefficient (Wildman–Crippen LogP) is 2.32. The molecule has 0 radical (unpaired) electrons. The van der Waals surface area contributed by atoms with Crippen molar-refractivity contribution in [2.45, 2.75) is 13.8 Å². The van der Waals surface area contributed by atoms with Gasteiger partial charge in [0.25, 0.3) is 0 Å². The van der Waals surface area contributed by atoms with Crippen LogP contribution in [-0.2, 0) is 4.99 Å². The maximum absolute atomic E-state index is 8.39. The van der Waals surface area contributed by atoms with E-state index in [-0.39, 0.29) is 0 Å². The molecule has 0 spiro atoms. The Bertz CT molecular complexity index is 224. The molecule has 0 aliphatic carbocycles. The summed E-state index contributed by atoms with van der Waals surface area (Å²) in [4.78, 5) is 10.8. The van der Waals surface area contributed by atoms with Crippen LogP contribution in [0.1, 0.15) is 19.4 Å². The van der Waals surface area contributed by atoms with Gasteiger partial charge in [-0.1, -0.05) is 56.8 Å². The molecule has 1 aromatic rings. The van der Waals surface area contributed by atoms with Crippen molar-refractivity contribution >= 4 is 6.08 Å². The smallest absolute Gasteiger partial charge is 0.149 e.